The van der Waals surface area contributed by atoms with Gasteiger partial charge in [0.15, 0.2) is 16.6 Å². The monoisotopic (exact) mass is 524 g/mol. The van der Waals surface area contributed by atoms with E-state index in [9.17, 15) is 14.7 Å². The van der Waals surface area contributed by atoms with Gasteiger partial charge in [-0.25, -0.2) is 4.98 Å². The van der Waals surface area contributed by atoms with E-state index in [0.29, 0.717) is 45.9 Å². The van der Waals surface area contributed by atoms with Crippen LogP contribution in [0.15, 0.2) is 53.4 Å². The lowest BCUT2D eigenvalue weighted by atomic mass is 9.99. The highest BCUT2D eigenvalue weighted by Crippen LogP contribution is 2.46. The van der Waals surface area contributed by atoms with Gasteiger partial charge >= 0.3 is 5.91 Å². The molecule has 0 radical (unpaired) electrons. The molecule has 1 amide bonds. The lowest BCUT2D eigenvalue weighted by Gasteiger charge is -2.22. The fourth-order valence-electron chi connectivity index (χ4n) is 4.23. The molecular weight excluding hydrogens is 508 g/mol. The molecular formula is C25H17ClN2O5S2. The Morgan fingerprint density at radius 1 is 1.14 bits per heavy atom. The molecule has 2 aliphatic rings. The van der Waals surface area contributed by atoms with Crippen LogP contribution in [0.25, 0.3) is 16.0 Å². The lowest BCUT2D eigenvalue weighted by molar-refractivity contribution is -0.132. The third kappa shape index (κ3) is 3.58. The number of ketones is 1. The van der Waals surface area contributed by atoms with E-state index >= 15 is 0 Å². The number of aliphatic hydroxyl groups excluding tert-OH is 1. The number of thiophene rings is 1. The highest BCUT2D eigenvalue weighted by Gasteiger charge is 2.48. The summed E-state index contributed by atoms with van der Waals surface area (Å²) in [4.78, 5) is 33.4. The Morgan fingerprint density at radius 3 is 2.71 bits per heavy atom. The summed E-state index contributed by atoms with van der Waals surface area (Å²) in [5.74, 6) is -0.762. The van der Waals surface area contributed by atoms with Crippen molar-refractivity contribution in [1.82, 2.24) is 4.98 Å². The SMILES string of the molecule is Cc1cc2sc(N3C(=O)C(=O)/C(=C(/O)c4ccc5c(c4)OCCO5)C3c3cccs3)nc2cc1Cl. The molecule has 2 aromatic heterocycles. The minimum Gasteiger partial charge on any atom is -0.507 e. The number of hydrogen-bond acceptors (Lipinski definition) is 8. The predicted molar refractivity (Wildman–Crippen MR) is 136 cm³/mol. The van der Waals surface area contributed by atoms with Crippen LogP contribution >= 0.6 is 34.3 Å². The van der Waals surface area contributed by atoms with Crippen LogP contribution in [0, 0.1) is 6.92 Å². The van der Waals surface area contributed by atoms with Gasteiger partial charge in [-0.1, -0.05) is 29.0 Å². The van der Waals surface area contributed by atoms with Crippen molar-refractivity contribution in [3.05, 3.63) is 74.4 Å². The van der Waals surface area contributed by atoms with E-state index in [1.54, 1.807) is 24.3 Å². The van der Waals surface area contributed by atoms with E-state index in [0.717, 1.165) is 15.1 Å². The summed E-state index contributed by atoms with van der Waals surface area (Å²) in [6, 6.07) is 11.4. The fourth-order valence-corrected chi connectivity index (χ4v) is 6.29. The molecule has 2 aliphatic heterocycles. The van der Waals surface area contributed by atoms with E-state index in [1.165, 1.54) is 27.6 Å². The van der Waals surface area contributed by atoms with Crippen molar-refractivity contribution >= 4 is 67.1 Å². The third-order valence-corrected chi connectivity index (χ3v) is 8.29. The molecule has 1 unspecified atom stereocenters. The number of carbonyl (C=O) groups excluding carboxylic acids is 2. The summed E-state index contributed by atoms with van der Waals surface area (Å²) in [5, 5.41) is 14.1. The number of amides is 1. The molecule has 7 nitrogen and oxygen atoms in total. The largest absolute Gasteiger partial charge is 0.507 e. The van der Waals surface area contributed by atoms with Crippen molar-refractivity contribution in [1.29, 1.82) is 0 Å². The van der Waals surface area contributed by atoms with Crippen LogP contribution < -0.4 is 14.4 Å². The van der Waals surface area contributed by atoms with Gasteiger partial charge < -0.3 is 14.6 Å². The molecule has 0 spiro atoms. The zero-order valence-corrected chi connectivity index (χ0v) is 20.7. The number of rotatable bonds is 3. The van der Waals surface area contributed by atoms with Gasteiger partial charge in [-0.3, -0.25) is 14.5 Å². The summed E-state index contributed by atoms with van der Waals surface area (Å²) < 4.78 is 12.0. The van der Waals surface area contributed by atoms with Gasteiger partial charge in [0, 0.05) is 15.5 Å². The molecule has 10 heteroatoms. The number of aromatic nitrogens is 1. The highest BCUT2D eigenvalue weighted by molar-refractivity contribution is 7.22. The number of fused-ring (bicyclic) bond motifs is 2. The molecule has 1 N–H and O–H groups in total. The summed E-state index contributed by atoms with van der Waals surface area (Å²) in [5.41, 5.74) is 1.90. The Labute approximate surface area is 212 Å². The smallest absolute Gasteiger partial charge is 0.301 e. The number of Topliss-reactive ketones (excluding diaryl/α,β-unsaturated/α-hetero) is 1. The zero-order chi connectivity index (χ0) is 24.3. The molecule has 0 aliphatic carbocycles. The predicted octanol–water partition coefficient (Wildman–Crippen LogP) is 5.72. The summed E-state index contributed by atoms with van der Waals surface area (Å²) in [6.45, 7) is 2.72. The second-order valence-corrected chi connectivity index (χ2v) is 10.5. The normalized spacial score (nSPS) is 19.0. The Kier molecular flexibility index (Phi) is 5.28. The summed E-state index contributed by atoms with van der Waals surface area (Å²) in [6.07, 6.45) is 0. The lowest BCUT2D eigenvalue weighted by Crippen LogP contribution is -2.28. The second-order valence-electron chi connectivity index (χ2n) is 8.11. The Balaban J connectivity index is 1.52. The number of nitrogens with zero attached hydrogens (tertiary/aromatic N) is 2. The van der Waals surface area contributed by atoms with Crippen molar-refractivity contribution in [3.63, 3.8) is 0 Å². The topological polar surface area (TPSA) is 89.0 Å². The van der Waals surface area contributed by atoms with E-state index in [1.807, 2.05) is 30.5 Å². The molecule has 4 aromatic rings. The fraction of sp³-hybridized carbons (Fsp3) is 0.160. The number of aliphatic hydroxyl groups is 1. The molecule has 0 saturated carbocycles. The first kappa shape index (κ1) is 22.1. The minimum atomic E-state index is -0.819. The van der Waals surface area contributed by atoms with Gasteiger partial charge in [-0.05, 0) is 54.3 Å². The van der Waals surface area contributed by atoms with Crippen molar-refractivity contribution < 1.29 is 24.2 Å². The second kappa shape index (κ2) is 8.37. The molecule has 0 bridgehead atoms. The maximum Gasteiger partial charge on any atom is 0.301 e. The number of hydrogen-bond donors (Lipinski definition) is 1. The zero-order valence-electron chi connectivity index (χ0n) is 18.3. The number of aryl methyl sites for hydroxylation is 1. The molecule has 6 rings (SSSR count). The van der Waals surface area contributed by atoms with Gasteiger partial charge in [-0.2, -0.15) is 0 Å². The molecule has 176 valence electrons. The molecule has 4 heterocycles. The van der Waals surface area contributed by atoms with Crippen LogP contribution in [0.1, 0.15) is 22.0 Å². The molecule has 2 aromatic carbocycles. The molecule has 35 heavy (non-hydrogen) atoms. The third-order valence-electron chi connectivity index (χ3n) is 5.94. The molecule has 1 saturated heterocycles. The quantitative estimate of drug-likeness (QED) is 0.209. The number of halogens is 1. The first-order valence-electron chi connectivity index (χ1n) is 10.7. The first-order valence-corrected chi connectivity index (χ1v) is 12.8. The van der Waals surface area contributed by atoms with Crippen molar-refractivity contribution in [2.24, 2.45) is 0 Å². The standard InChI is InChI=1S/C25H17ClN2O5S2/c1-12-9-19-15(11-14(12)26)27-25(35-19)28-21(18-3-2-8-34-18)20(23(30)24(28)31)22(29)13-4-5-16-17(10-13)33-7-6-32-16/h2-5,8-11,21,29H,6-7H2,1H3/b22-20+. The number of benzene rings is 2. The van der Waals surface area contributed by atoms with Gasteiger partial charge in [0.05, 0.1) is 15.8 Å². The van der Waals surface area contributed by atoms with Crippen molar-refractivity contribution in [2.45, 2.75) is 13.0 Å². The van der Waals surface area contributed by atoms with E-state index in [4.69, 9.17) is 21.1 Å². The van der Waals surface area contributed by atoms with Crippen molar-refractivity contribution in [3.8, 4) is 11.5 Å². The van der Waals surface area contributed by atoms with Crippen LogP contribution in [0.4, 0.5) is 5.13 Å². The van der Waals surface area contributed by atoms with Gasteiger partial charge in [0.2, 0.25) is 0 Å². The van der Waals surface area contributed by atoms with Crippen LogP contribution in [0.3, 0.4) is 0 Å². The average molecular weight is 525 g/mol. The number of carbonyl (C=O) groups is 2. The van der Waals surface area contributed by atoms with Crippen LogP contribution in [-0.4, -0.2) is 35.0 Å². The van der Waals surface area contributed by atoms with Gasteiger partial charge in [0.25, 0.3) is 5.78 Å². The van der Waals surface area contributed by atoms with E-state index < -0.39 is 17.7 Å². The van der Waals surface area contributed by atoms with Gasteiger partial charge in [0.1, 0.15) is 25.0 Å². The number of ether oxygens (including phenoxy) is 2. The maximum absolute atomic E-state index is 13.3. The van der Waals surface area contributed by atoms with Crippen molar-refractivity contribution in [2.75, 3.05) is 18.1 Å². The molecule has 1 fully saturated rings. The Morgan fingerprint density at radius 2 is 1.94 bits per heavy atom. The van der Waals surface area contributed by atoms with Gasteiger partial charge in [-0.15, -0.1) is 11.3 Å². The highest BCUT2D eigenvalue weighted by atomic mass is 35.5. The van der Waals surface area contributed by atoms with Crippen LogP contribution in [-0.2, 0) is 9.59 Å². The first-order chi connectivity index (χ1) is 16.9. The Hall–Kier alpha value is -3.40. The number of anilines is 1. The molecule has 1 atom stereocenters. The summed E-state index contributed by atoms with van der Waals surface area (Å²) in [7, 11) is 0. The van der Waals surface area contributed by atoms with E-state index in [2.05, 4.69) is 4.98 Å². The summed E-state index contributed by atoms with van der Waals surface area (Å²) >= 11 is 8.97. The number of thiazole rings is 1. The maximum atomic E-state index is 13.3. The van der Waals surface area contributed by atoms with Crippen LogP contribution in [0.5, 0.6) is 11.5 Å². The van der Waals surface area contributed by atoms with E-state index in [-0.39, 0.29) is 11.3 Å². The Bertz CT molecular complexity index is 1500. The minimum absolute atomic E-state index is 0.00240. The average Bonchev–Trinajstić information content (AvgIpc) is 3.58. The van der Waals surface area contributed by atoms with Crippen LogP contribution in [0.2, 0.25) is 5.02 Å².